The standard InChI is InChI=1S/C26H24ClNO4/c1-16(2)32-22-6-7-23(24(27)13-22)26(30)28-14-21-12-20(11-19-8-9-31-25(19)21)18-5-3-4-17(10-18)15-29/h3-7,10-13,15-16H,8-9,14H2,1-2H3,(H,28,30). The fourth-order valence-electron chi connectivity index (χ4n) is 3.77. The lowest BCUT2D eigenvalue weighted by Crippen LogP contribution is -2.23. The Balaban J connectivity index is 1.56. The first-order chi connectivity index (χ1) is 15.4. The summed E-state index contributed by atoms with van der Waals surface area (Å²) in [4.78, 5) is 24.0. The van der Waals surface area contributed by atoms with Crippen molar-refractivity contribution in [2.75, 3.05) is 6.61 Å². The van der Waals surface area contributed by atoms with E-state index in [1.165, 1.54) is 0 Å². The Kier molecular flexibility index (Phi) is 6.47. The van der Waals surface area contributed by atoms with Crippen LogP contribution in [0.15, 0.2) is 54.6 Å². The Morgan fingerprint density at radius 3 is 2.75 bits per heavy atom. The number of benzene rings is 3. The first kappa shape index (κ1) is 21.9. The summed E-state index contributed by atoms with van der Waals surface area (Å²) >= 11 is 6.32. The summed E-state index contributed by atoms with van der Waals surface area (Å²) in [5, 5.41) is 3.28. The molecule has 164 valence electrons. The van der Waals surface area contributed by atoms with E-state index in [9.17, 15) is 9.59 Å². The molecule has 0 fully saturated rings. The Hall–Kier alpha value is -3.31. The van der Waals surface area contributed by atoms with Crippen LogP contribution < -0.4 is 14.8 Å². The van der Waals surface area contributed by atoms with Crippen LogP contribution in [0.2, 0.25) is 5.02 Å². The van der Waals surface area contributed by atoms with Crippen LogP contribution in [-0.4, -0.2) is 24.9 Å². The maximum atomic E-state index is 12.8. The van der Waals surface area contributed by atoms with Gasteiger partial charge in [-0.1, -0.05) is 29.8 Å². The molecule has 3 aromatic carbocycles. The number of amides is 1. The summed E-state index contributed by atoms with van der Waals surface area (Å²) in [7, 11) is 0. The van der Waals surface area contributed by atoms with Gasteiger partial charge in [0.2, 0.25) is 0 Å². The van der Waals surface area contributed by atoms with Gasteiger partial charge in [0.25, 0.3) is 5.91 Å². The van der Waals surface area contributed by atoms with Gasteiger partial charge in [-0.3, -0.25) is 9.59 Å². The number of nitrogens with one attached hydrogen (secondary N) is 1. The zero-order valence-electron chi connectivity index (χ0n) is 18.0. The van der Waals surface area contributed by atoms with Crippen LogP contribution in [0.3, 0.4) is 0 Å². The number of fused-ring (bicyclic) bond motifs is 1. The zero-order valence-corrected chi connectivity index (χ0v) is 18.7. The molecule has 0 saturated carbocycles. The number of halogens is 1. The van der Waals surface area contributed by atoms with E-state index in [2.05, 4.69) is 11.4 Å². The number of carbonyl (C=O) groups is 2. The number of hydrogen-bond acceptors (Lipinski definition) is 4. The normalized spacial score (nSPS) is 12.2. The molecule has 3 aromatic rings. The van der Waals surface area contributed by atoms with E-state index in [1.54, 1.807) is 24.3 Å². The second-order valence-electron chi connectivity index (χ2n) is 7.96. The Bertz CT molecular complexity index is 1170. The van der Waals surface area contributed by atoms with Crippen LogP contribution >= 0.6 is 11.6 Å². The molecular formula is C26H24ClNO4. The molecule has 0 bridgehead atoms. The predicted octanol–water partition coefficient (Wildman–Crippen LogP) is 5.47. The highest BCUT2D eigenvalue weighted by Gasteiger charge is 2.20. The number of aldehydes is 1. The maximum absolute atomic E-state index is 12.8. The molecule has 1 aliphatic rings. The molecule has 0 saturated heterocycles. The second-order valence-corrected chi connectivity index (χ2v) is 8.36. The fourth-order valence-corrected chi connectivity index (χ4v) is 4.03. The third-order valence-corrected chi connectivity index (χ3v) is 5.53. The first-order valence-electron chi connectivity index (χ1n) is 10.5. The minimum atomic E-state index is -0.272. The molecule has 0 atom stereocenters. The highest BCUT2D eigenvalue weighted by molar-refractivity contribution is 6.34. The predicted molar refractivity (Wildman–Crippen MR) is 125 cm³/mol. The van der Waals surface area contributed by atoms with Gasteiger partial charge < -0.3 is 14.8 Å². The van der Waals surface area contributed by atoms with Gasteiger partial charge in [0.15, 0.2) is 0 Å². The number of hydrogen-bond donors (Lipinski definition) is 1. The summed E-state index contributed by atoms with van der Waals surface area (Å²) in [6.07, 6.45) is 1.66. The molecule has 32 heavy (non-hydrogen) atoms. The topological polar surface area (TPSA) is 64.6 Å². The van der Waals surface area contributed by atoms with Crippen molar-refractivity contribution in [3.63, 3.8) is 0 Å². The monoisotopic (exact) mass is 449 g/mol. The second kappa shape index (κ2) is 9.45. The van der Waals surface area contributed by atoms with E-state index in [1.807, 2.05) is 38.1 Å². The third-order valence-electron chi connectivity index (χ3n) is 5.21. The van der Waals surface area contributed by atoms with Gasteiger partial charge in [-0.2, -0.15) is 0 Å². The molecule has 1 aliphatic heterocycles. The number of carbonyl (C=O) groups excluding carboxylic acids is 2. The van der Waals surface area contributed by atoms with E-state index in [0.717, 1.165) is 40.7 Å². The average molecular weight is 450 g/mol. The van der Waals surface area contributed by atoms with E-state index in [4.69, 9.17) is 21.1 Å². The highest BCUT2D eigenvalue weighted by atomic mass is 35.5. The van der Waals surface area contributed by atoms with Gasteiger partial charge in [0.05, 0.1) is 23.3 Å². The average Bonchev–Trinajstić information content (AvgIpc) is 3.26. The Morgan fingerprint density at radius 2 is 2.00 bits per heavy atom. The Labute approximate surface area is 192 Å². The van der Waals surface area contributed by atoms with E-state index < -0.39 is 0 Å². The molecule has 5 nitrogen and oxygen atoms in total. The summed E-state index contributed by atoms with van der Waals surface area (Å²) in [5.74, 6) is 1.16. The fraction of sp³-hybridized carbons (Fsp3) is 0.231. The van der Waals surface area contributed by atoms with Crippen LogP contribution in [0.1, 0.15) is 45.7 Å². The van der Waals surface area contributed by atoms with E-state index in [0.29, 0.717) is 35.1 Å². The van der Waals surface area contributed by atoms with E-state index >= 15 is 0 Å². The van der Waals surface area contributed by atoms with Crippen molar-refractivity contribution in [3.8, 4) is 22.6 Å². The van der Waals surface area contributed by atoms with Crippen LogP contribution in [0, 0.1) is 0 Å². The van der Waals surface area contributed by atoms with Crippen molar-refractivity contribution in [3.05, 3.63) is 81.9 Å². The molecule has 6 heteroatoms. The molecule has 0 spiro atoms. The van der Waals surface area contributed by atoms with Gasteiger partial charge in [0, 0.05) is 24.1 Å². The van der Waals surface area contributed by atoms with Crippen molar-refractivity contribution >= 4 is 23.8 Å². The SMILES string of the molecule is CC(C)Oc1ccc(C(=O)NCc2cc(-c3cccc(C=O)c3)cc3c2OCC3)c(Cl)c1. The van der Waals surface area contributed by atoms with E-state index in [-0.39, 0.29) is 12.0 Å². The summed E-state index contributed by atoms with van der Waals surface area (Å²) in [6.45, 7) is 4.76. The van der Waals surface area contributed by atoms with Crippen molar-refractivity contribution in [2.45, 2.75) is 32.9 Å². The summed E-state index contributed by atoms with van der Waals surface area (Å²) in [6, 6.07) is 16.6. The largest absolute Gasteiger partial charge is 0.493 e. The smallest absolute Gasteiger partial charge is 0.253 e. The molecule has 0 aromatic heterocycles. The van der Waals surface area contributed by atoms with Gasteiger partial charge in [-0.05, 0) is 66.9 Å². The third kappa shape index (κ3) is 4.78. The van der Waals surface area contributed by atoms with Crippen LogP contribution in [0.25, 0.3) is 11.1 Å². The van der Waals surface area contributed by atoms with Crippen LogP contribution in [0.4, 0.5) is 0 Å². The molecule has 1 amide bonds. The van der Waals surface area contributed by atoms with Crippen molar-refractivity contribution in [1.82, 2.24) is 5.32 Å². The molecule has 0 radical (unpaired) electrons. The van der Waals surface area contributed by atoms with Crippen molar-refractivity contribution in [2.24, 2.45) is 0 Å². The van der Waals surface area contributed by atoms with Gasteiger partial charge >= 0.3 is 0 Å². The maximum Gasteiger partial charge on any atom is 0.253 e. The zero-order chi connectivity index (χ0) is 22.7. The lowest BCUT2D eigenvalue weighted by Gasteiger charge is -2.14. The highest BCUT2D eigenvalue weighted by Crippen LogP contribution is 2.35. The molecule has 0 aliphatic carbocycles. The molecule has 4 rings (SSSR count). The summed E-state index contributed by atoms with van der Waals surface area (Å²) < 4.78 is 11.5. The molecule has 1 heterocycles. The summed E-state index contributed by atoms with van der Waals surface area (Å²) in [5.41, 5.74) is 4.91. The lowest BCUT2D eigenvalue weighted by molar-refractivity contribution is 0.0950. The van der Waals surface area contributed by atoms with Gasteiger partial charge in [0.1, 0.15) is 17.8 Å². The van der Waals surface area contributed by atoms with Crippen LogP contribution in [0.5, 0.6) is 11.5 Å². The van der Waals surface area contributed by atoms with Crippen molar-refractivity contribution in [1.29, 1.82) is 0 Å². The number of rotatable bonds is 7. The minimum Gasteiger partial charge on any atom is -0.493 e. The number of ether oxygens (including phenoxy) is 2. The van der Waals surface area contributed by atoms with Crippen molar-refractivity contribution < 1.29 is 19.1 Å². The minimum absolute atomic E-state index is 0.0207. The molecule has 0 unspecified atom stereocenters. The van der Waals surface area contributed by atoms with Gasteiger partial charge in [-0.25, -0.2) is 0 Å². The lowest BCUT2D eigenvalue weighted by atomic mass is 9.97. The van der Waals surface area contributed by atoms with Crippen LogP contribution in [-0.2, 0) is 13.0 Å². The van der Waals surface area contributed by atoms with Gasteiger partial charge in [-0.15, -0.1) is 0 Å². The Morgan fingerprint density at radius 1 is 1.16 bits per heavy atom. The molecular weight excluding hydrogens is 426 g/mol. The molecule has 1 N–H and O–H groups in total. The first-order valence-corrected chi connectivity index (χ1v) is 10.9. The quantitative estimate of drug-likeness (QED) is 0.485.